The number of carbonyl (C=O) groups excluding carboxylic acids is 1. The maximum Gasteiger partial charge on any atom is 0.213 e. The number of fused-ring (bicyclic) bond motifs is 1. The van der Waals surface area contributed by atoms with Crippen molar-refractivity contribution in [3.63, 3.8) is 0 Å². The van der Waals surface area contributed by atoms with Crippen molar-refractivity contribution in [1.29, 1.82) is 0 Å². The Bertz CT molecular complexity index is 1610. The van der Waals surface area contributed by atoms with Crippen LogP contribution in [0.5, 0.6) is 11.5 Å². The number of hydrogen-bond acceptors (Lipinski definition) is 6. The molecule has 3 aromatic carbocycles. The van der Waals surface area contributed by atoms with Gasteiger partial charge in [-0.2, -0.15) is 0 Å². The number of aromatic nitrogens is 3. The van der Waals surface area contributed by atoms with E-state index in [0.29, 0.717) is 11.5 Å². The summed E-state index contributed by atoms with van der Waals surface area (Å²) in [6.07, 6.45) is 9.98. The smallest absolute Gasteiger partial charge is 0.213 e. The average molecular weight is 642 g/mol. The number of benzene rings is 3. The zero-order chi connectivity index (χ0) is 33.6. The van der Waals surface area contributed by atoms with Crippen LogP contribution in [0.1, 0.15) is 52.5 Å². The molecule has 2 aromatic heterocycles. The Morgan fingerprint density at radius 2 is 1.74 bits per heavy atom. The number of unbranched alkanes of at least 4 members (excludes halogenated alkanes) is 1. The number of rotatable bonds is 11. The number of imidazole rings is 1. The van der Waals surface area contributed by atoms with Crippen molar-refractivity contribution in [3.05, 3.63) is 102 Å². The Labute approximate surface area is 277 Å². The van der Waals surface area contributed by atoms with Crippen LogP contribution in [-0.2, 0) is 11.3 Å². The fourth-order valence-electron chi connectivity index (χ4n) is 4.02. The minimum Gasteiger partial charge on any atom is -0.457 e. The molecule has 0 fully saturated rings. The van der Waals surface area contributed by atoms with Gasteiger partial charge in [0.1, 0.15) is 17.3 Å². The monoisotopic (exact) mass is 641 g/mol. The van der Waals surface area contributed by atoms with Gasteiger partial charge in [-0.05, 0) is 61.7 Å². The molecule has 0 aliphatic carbocycles. The van der Waals surface area contributed by atoms with E-state index < -0.39 is 0 Å². The Morgan fingerprint density at radius 3 is 2.37 bits per heavy atom. The highest BCUT2D eigenvalue weighted by Crippen LogP contribution is 2.30. The number of ether oxygens (including phenoxy) is 1. The molecule has 5 rings (SSSR count). The van der Waals surface area contributed by atoms with Gasteiger partial charge >= 0.3 is 0 Å². The fraction of sp³-hybridized carbons (Fsp3) is 0.278. The van der Waals surface area contributed by atoms with Crippen LogP contribution in [0.25, 0.3) is 22.4 Å². The molecule has 5 N–H and O–H groups in total. The summed E-state index contributed by atoms with van der Waals surface area (Å²) in [6, 6.07) is 24.5. The SMILES string of the molecule is CC.CCC/C=C/Cn1c(-c2cccc(Oc3ccccc3)c2)nc2cc(C)ccc21.CCCN=C(N)N.O=CNc1nccs1. The molecule has 5 aromatic rings. The lowest BCUT2D eigenvalue weighted by Crippen LogP contribution is -2.22. The molecule has 0 atom stereocenters. The highest BCUT2D eigenvalue weighted by molar-refractivity contribution is 7.13. The zero-order valence-electron chi connectivity index (χ0n) is 27.5. The first-order chi connectivity index (χ1) is 22.4. The molecule has 244 valence electrons. The lowest BCUT2D eigenvalue weighted by atomic mass is 10.2. The zero-order valence-corrected chi connectivity index (χ0v) is 28.3. The lowest BCUT2D eigenvalue weighted by Gasteiger charge is -2.10. The largest absolute Gasteiger partial charge is 0.457 e. The Kier molecular flexibility index (Phi) is 17.6. The standard InChI is InChI=1S/C26H26N2O.C4H11N3.C4H4N2OS.C2H6/c1-3-4-5-9-17-28-25-16-15-20(2)18-24(25)27-26(28)21-11-10-14-23(19-21)29-22-12-7-6-8-13-22;1-2-3-7-4(5)6;7-3-6-4-5-1-2-8-4;1-2/h5-16,18-19H,3-4,17H2,1-2H3;2-3H2,1H3,(H4,5,6,7);1-3H,(H,5,6,7);1-2H3/b9-5+;;;. The number of allylic oxidation sites excluding steroid dienone is 2. The van der Waals surface area contributed by atoms with Crippen molar-refractivity contribution >= 4 is 39.9 Å². The molecule has 0 aliphatic rings. The number of carbonyl (C=O) groups is 1. The summed E-state index contributed by atoms with van der Waals surface area (Å²) in [7, 11) is 0. The number of nitrogens with one attached hydrogen (secondary N) is 1. The highest BCUT2D eigenvalue weighted by atomic mass is 32.1. The van der Waals surface area contributed by atoms with E-state index in [1.165, 1.54) is 16.9 Å². The molecule has 9 nitrogen and oxygen atoms in total. The second-order valence-corrected chi connectivity index (χ2v) is 10.5. The third kappa shape index (κ3) is 13.0. The van der Waals surface area contributed by atoms with Gasteiger partial charge in [-0.3, -0.25) is 9.79 Å². The van der Waals surface area contributed by atoms with E-state index >= 15 is 0 Å². The van der Waals surface area contributed by atoms with Gasteiger partial charge in [-0.15, -0.1) is 11.3 Å². The van der Waals surface area contributed by atoms with Crippen LogP contribution < -0.4 is 21.5 Å². The van der Waals surface area contributed by atoms with Gasteiger partial charge in [0.05, 0.1) is 11.0 Å². The summed E-state index contributed by atoms with van der Waals surface area (Å²) in [5.41, 5.74) is 14.5. The molecule has 0 unspecified atom stereocenters. The highest BCUT2D eigenvalue weighted by Gasteiger charge is 2.13. The lowest BCUT2D eigenvalue weighted by molar-refractivity contribution is -0.105. The van der Waals surface area contributed by atoms with Crippen LogP contribution in [0, 0.1) is 6.92 Å². The van der Waals surface area contributed by atoms with E-state index in [2.05, 4.69) is 76.2 Å². The number of aliphatic imine (C=N–C) groups is 1. The molecule has 0 aliphatic heterocycles. The third-order valence-corrected chi connectivity index (χ3v) is 6.72. The number of anilines is 1. The normalized spacial score (nSPS) is 10.0. The first kappa shape index (κ1) is 37.2. The Morgan fingerprint density at radius 1 is 0.978 bits per heavy atom. The summed E-state index contributed by atoms with van der Waals surface area (Å²) in [4.78, 5) is 22.2. The van der Waals surface area contributed by atoms with Crippen molar-refractivity contribution in [2.45, 2.75) is 60.4 Å². The molecule has 0 radical (unpaired) electrons. The van der Waals surface area contributed by atoms with Crippen molar-refractivity contribution in [1.82, 2.24) is 14.5 Å². The summed E-state index contributed by atoms with van der Waals surface area (Å²) >= 11 is 1.39. The molecular formula is C36H47N7O2S. The van der Waals surface area contributed by atoms with Crippen molar-refractivity contribution in [2.75, 3.05) is 11.9 Å². The molecule has 2 heterocycles. The fourth-order valence-corrected chi connectivity index (χ4v) is 4.51. The number of thiazole rings is 1. The van der Waals surface area contributed by atoms with Crippen molar-refractivity contribution in [2.24, 2.45) is 16.5 Å². The van der Waals surface area contributed by atoms with Crippen LogP contribution in [0.2, 0.25) is 0 Å². The van der Waals surface area contributed by atoms with E-state index in [9.17, 15) is 4.79 Å². The average Bonchev–Trinajstić information content (AvgIpc) is 3.72. The molecule has 10 heteroatoms. The van der Waals surface area contributed by atoms with Crippen molar-refractivity contribution in [3.8, 4) is 22.9 Å². The number of aryl methyl sites for hydroxylation is 1. The maximum absolute atomic E-state index is 9.73. The molecule has 1 amide bonds. The van der Waals surface area contributed by atoms with Crippen LogP contribution in [-0.4, -0.2) is 33.4 Å². The van der Waals surface area contributed by atoms with E-state index in [-0.39, 0.29) is 5.96 Å². The quantitative estimate of drug-likeness (QED) is 0.0573. The second kappa shape index (κ2) is 21.7. The molecule has 0 spiro atoms. The molecule has 0 saturated heterocycles. The third-order valence-electron chi connectivity index (χ3n) is 6.02. The topological polar surface area (TPSA) is 133 Å². The van der Waals surface area contributed by atoms with E-state index in [0.717, 1.165) is 66.3 Å². The van der Waals surface area contributed by atoms with Crippen molar-refractivity contribution < 1.29 is 9.53 Å². The van der Waals surface area contributed by atoms with Gasteiger partial charge in [-0.1, -0.05) is 82.7 Å². The van der Waals surface area contributed by atoms with Crippen LogP contribution >= 0.6 is 11.3 Å². The number of amides is 1. The number of hydrogen-bond donors (Lipinski definition) is 3. The van der Waals surface area contributed by atoms with E-state index in [1.54, 1.807) is 11.6 Å². The molecule has 0 saturated carbocycles. The number of nitrogens with zero attached hydrogens (tertiary/aromatic N) is 4. The predicted octanol–water partition coefficient (Wildman–Crippen LogP) is 8.57. The van der Waals surface area contributed by atoms with Gasteiger partial charge in [0.15, 0.2) is 11.1 Å². The van der Waals surface area contributed by atoms with Gasteiger partial charge in [0, 0.05) is 30.2 Å². The van der Waals surface area contributed by atoms with Gasteiger partial charge < -0.3 is 26.1 Å². The molecular weight excluding hydrogens is 595 g/mol. The summed E-state index contributed by atoms with van der Waals surface area (Å²) in [5.74, 6) is 2.79. The first-order valence-corrected chi connectivity index (χ1v) is 16.4. The van der Waals surface area contributed by atoms with Gasteiger partial charge in [-0.25, -0.2) is 9.97 Å². The first-order valence-electron chi connectivity index (χ1n) is 15.5. The second-order valence-electron chi connectivity index (χ2n) is 9.65. The van der Waals surface area contributed by atoms with Crippen LogP contribution in [0.3, 0.4) is 0 Å². The predicted molar refractivity (Wildman–Crippen MR) is 195 cm³/mol. The van der Waals surface area contributed by atoms with E-state index in [4.69, 9.17) is 21.2 Å². The summed E-state index contributed by atoms with van der Waals surface area (Å²) < 4.78 is 8.32. The molecule has 0 bridgehead atoms. The molecule has 46 heavy (non-hydrogen) atoms. The van der Waals surface area contributed by atoms with Crippen LogP contribution in [0.4, 0.5) is 5.13 Å². The van der Waals surface area contributed by atoms with Gasteiger partial charge in [0.2, 0.25) is 6.41 Å². The van der Waals surface area contributed by atoms with Gasteiger partial charge in [0.25, 0.3) is 0 Å². The van der Waals surface area contributed by atoms with Crippen LogP contribution in [0.15, 0.2) is 102 Å². The summed E-state index contributed by atoms with van der Waals surface area (Å²) in [6.45, 7) is 11.9. The summed E-state index contributed by atoms with van der Waals surface area (Å²) in [5, 5.41) is 4.85. The number of para-hydroxylation sites is 1. The minimum absolute atomic E-state index is 0.182. The van der Waals surface area contributed by atoms with E-state index in [1.807, 2.05) is 63.2 Å². The number of nitrogens with two attached hydrogens (primary N) is 2. The Hall–Kier alpha value is -4.96. The number of guanidine groups is 1. The maximum atomic E-state index is 9.73. The minimum atomic E-state index is 0.182. The Balaban J connectivity index is 0.000000356.